The monoisotopic (exact) mass is 270 g/mol. The van der Waals surface area contributed by atoms with Crippen molar-refractivity contribution in [2.24, 2.45) is 5.92 Å². The van der Waals surface area contributed by atoms with Gasteiger partial charge >= 0.3 is 0 Å². The molecule has 0 bridgehead atoms. The van der Waals surface area contributed by atoms with Crippen LogP contribution in [0.5, 0.6) is 0 Å². The maximum absolute atomic E-state index is 12.5. The highest BCUT2D eigenvalue weighted by atomic mass is 16.2. The second-order valence-corrected chi connectivity index (χ2v) is 5.88. The molecule has 1 aromatic rings. The van der Waals surface area contributed by atoms with Gasteiger partial charge in [0.25, 0.3) is 0 Å². The summed E-state index contributed by atoms with van der Waals surface area (Å²) in [6, 6.07) is 10.5. The number of benzene rings is 1. The standard InChI is InChI=1S/C17H22N2O/c1-18-10-7-16(13-18)17(20)19-11-8-15(9-12-19)14-5-3-2-4-6-14/h2-6,8,16H,7,9-13H2,1H3. The van der Waals surface area contributed by atoms with Gasteiger partial charge in [-0.3, -0.25) is 4.79 Å². The quantitative estimate of drug-likeness (QED) is 0.823. The van der Waals surface area contributed by atoms with Crippen LogP contribution in [-0.4, -0.2) is 48.9 Å². The van der Waals surface area contributed by atoms with Crippen LogP contribution in [0.2, 0.25) is 0 Å². The van der Waals surface area contributed by atoms with Crippen LogP contribution in [0, 0.1) is 5.92 Å². The van der Waals surface area contributed by atoms with Crippen molar-refractivity contribution in [1.29, 1.82) is 0 Å². The molecule has 0 aliphatic carbocycles. The van der Waals surface area contributed by atoms with E-state index in [1.165, 1.54) is 11.1 Å². The summed E-state index contributed by atoms with van der Waals surface area (Å²) in [6.07, 6.45) is 4.20. The molecule has 0 aromatic heterocycles. The molecule has 0 spiro atoms. The third kappa shape index (κ3) is 2.78. The number of hydrogen-bond acceptors (Lipinski definition) is 2. The third-order valence-electron chi connectivity index (χ3n) is 4.41. The number of carbonyl (C=O) groups excluding carboxylic acids is 1. The zero-order valence-electron chi connectivity index (χ0n) is 12.1. The van der Waals surface area contributed by atoms with Crippen molar-refractivity contribution < 1.29 is 4.79 Å². The van der Waals surface area contributed by atoms with Crippen molar-refractivity contribution in [1.82, 2.24) is 9.80 Å². The fourth-order valence-electron chi connectivity index (χ4n) is 3.18. The minimum Gasteiger partial charge on any atom is -0.338 e. The van der Waals surface area contributed by atoms with E-state index in [4.69, 9.17) is 0 Å². The van der Waals surface area contributed by atoms with Gasteiger partial charge in [-0.1, -0.05) is 36.4 Å². The van der Waals surface area contributed by atoms with Gasteiger partial charge in [0, 0.05) is 19.6 Å². The molecular formula is C17H22N2O. The summed E-state index contributed by atoms with van der Waals surface area (Å²) in [5.41, 5.74) is 2.67. The van der Waals surface area contributed by atoms with E-state index in [1.54, 1.807) is 0 Å². The third-order valence-corrected chi connectivity index (χ3v) is 4.41. The van der Waals surface area contributed by atoms with Gasteiger partial charge in [0.2, 0.25) is 5.91 Å². The zero-order valence-corrected chi connectivity index (χ0v) is 12.1. The maximum Gasteiger partial charge on any atom is 0.227 e. The first-order valence-corrected chi connectivity index (χ1v) is 7.46. The van der Waals surface area contributed by atoms with Gasteiger partial charge in [-0.15, -0.1) is 0 Å². The summed E-state index contributed by atoms with van der Waals surface area (Å²) in [7, 11) is 2.09. The summed E-state index contributed by atoms with van der Waals surface area (Å²) in [6.45, 7) is 3.60. The average molecular weight is 270 g/mol. The van der Waals surface area contributed by atoms with Gasteiger partial charge in [-0.25, -0.2) is 0 Å². The topological polar surface area (TPSA) is 23.6 Å². The van der Waals surface area contributed by atoms with E-state index in [-0.39, 0.29) is 5.92 Å². The van der Waals surface area contributed by atoms with Crippen LogP contribution in [0.15, 0.2) is 36.4 Å². The zero-order chi connectivity index (χ0) is 13.9. The lowest BCUT2D eigenvalue weighted by atomic mass is 9.98. The van der Waals surface area contributed by atoms with E-state index in [9.17, 15) is 4.79 Å². The molecule has 2 aliphatic rings. The molecule has 3 rings (SSSR count). The Balaban J connectivity index is 1.63. The van der Waals surface area contributed by atoms with Crippen LogP contribution in [-0.2, 0) is 4.79 Å². The van der Waals surface area contributed by atoms with E-state index in [2.05, 4.69) is 42.3 Å². The molecule has 0 N–H and O–H groups in total. The van der Waals surface area contributed by atoms with Crippen molar-refractivity contribution in [3.63, 3.8) is 0 Å². The van der Waals surface area contributed by atoms with Crippen molar-refractivity contribution in [3.8, 4) is 0 Å². The maximum atomic E-state index is 12.5. The smallest absolute Gasteiger partial charge is 0.227 e. The molecule has 0 radical (unpaired) electrons. The first-order valence-electron chi connectivity index (χ1n) is 7.46. The second kappa shape index (κ2) is 5.80. The fourth-order valence-corrected chi connectivity index (χ4v) is 3.18. The molecular weight excluding hydrogens is 248 g/mol. The van der Waals surface area contributed by atoms with Gasteiger partial charge in [-0.2, -0.15) is 0 Å². The Morgan fingerprint density at radius 2 is 2.00 bits per heavy atom. The van der Waals surface area contributed by atoms with Gasteiger partial charge in [0.1, 0.15) is 0 Å². The van der Waals surface area contributed by atoms with E-state index in [0.717, 1.165) is 39.0 Å². The summed E-state index contributed by atoms with van der Waals surface area (Å²) in [4.78, 5) is 16.7. The Morgan fingerprint density at radius 3 is 2.60 bits per heavy atom. The van der Waals surface area contributed by atoms with Crippen LogP contribution in [0.4, 0.5) is 0 Å². The highest BCUT2D eigenvalue weighted by molar-refractivity contribution is 5.81. The molecule has 1 saturated heterocycles. The normalized spacial score (nSPS) is 23.8. The lowest BCUT2D eigenvalue weighted by Gasteiger charge is -2.29. The molecule has 1 aromatic carbocycles. The molecule has 106 valence electrons. The lowest BCUT2D eigenvalue weighted by Crippen LogP contribution is -2.39. The number of nitrogens with zero attached hydrogens (tertiary/aromatic N) is 2. The number of likely N-dealkylation sites (tertiary alicyclic amines) is 1. The van der Waals surface area contributed by atoms with Crippen LogP contribution in [0.3, 0.4) is 0 Å². The molecule has 0 saturated carbocycles. The van der Waals surface area contributed by atoms with Crippen molar-refractivity contribution in [2.45, 2.75) is 12.8 Å². The van der Waals surface area contributed by atoms with Gasteiger partial charge in [0.05, 0.1) is 5.92 Å². The summed E-state index contributed by atoms with van der Waals surface area (Å²) in [5.74, 6) is 0.560. The average Bonchev–Trinajstić information content (AvgIpc) is 2.94. The van der Waals surface area contributed by atoms with Crippen LogP contribution >= 0.6 is 0 Å². The summed E-state index contributed by atoms with van der Waals surface area (Å²) >= 11 is 0. The Labute approximate surface area is 120 Å². The molecule has 20 heavy (non-hydrogen) atoms. The molecule has 1 amide bonds. The minimum absolute atomic E-state index is 0.215. The van der Waals surface area contributed by atoms with Crippen molar-refractivity contribution in [2.75, 3.05) is 33.2 Å². The van der Waals surface area contributed by atoms with Gasteiger partial charge < -0.3 is 9.80 Å². The van der Waals surface area contributed by atoms with E-state index in [0.29, 0.717) is 5.91 Å². The van der Waals surface area contributed by atoms with Crippen LogP contribution in [0.25, 0.3) is 5.57 Å². The van der Waals surface area contributed by atoms with Crippen molar-refractivity contribution in [3.05, 3.63) is 42.0 Å². The Hall–Kier alpha value is -1.61. The van der Waals surface area contributed by atoms with Crippen molar-refractivity contribution >= 4 is 11.5 Å². The highest BCUT2D eigenvalue weighted by Crippen LogP contribution is 2.24. The van der Waals surface area contributed by atoms with E-state index >= 15 is 0 Å². The molecule has 3 heteroatoms. The number of hydrogen-bond donors (Lipinski definition) is 0. The summed E-state index contributed by atoms with van der Waals surface area (Å²) in [5, 5.41) is 0. The Kier molecular flexibility index (Phi) is 3.88. The second-order valence-electron chi connectivity index (χ2n) is 5.88. The highest BCUT2D eigenvalue weighted by Gasteiger charge is 2.30. The lowest BCUT2D eigenvalue weighted by molar-refractivity contribution is -0.134. The minimum atomic E-state index is 0.215. The predicted molar refractivity (Wildman–Crippen MR) is 81.2 cm³/mol. The Bertz CT molecular complexity index is 509. The summed E-state index contributed by atoms with van der Waals surface area (Å²) < 4.78 is 0. The first-order chi connectivity index (χ1) is 9.74. The first kappa shape index (κ1) is 13.4. The molecule has 3 nitrogen and oxygen atoms in total. The molecule has 1 unspecified atom stereocenters. The largest absolute Gasteiger partial charge is 0.338 e. The molecule has 1 atom stereocenters. The van der Waals surface area contributed by atoms with Gasteiger partial charge in [-0.05, 0) is 37.6 Å². The molecule has 2 heterocycles. The predicted octanol–water partition coefficient (Wildman–Crippen LogP) is 2.25. The SMILES string of the molecule is CN1CCC(C(=O)N2CC=C(c3ccccc3)CC2)C1. The number of carbonyl (C=O) groups is 1. The van der Waals surface area contributed by atoms with Gasteiger partial charge in [0.15, 0.2) is 0 Å². The van der Waals surface area contributed by atoms with Crippen LogP contribution < -0.4 is 0 Å². The Morgan fingerprint density at radius 1 is 1.20 bits per heavy atom. The van der Waals surface area contributed by atoms with E-state index < -0.39 is 0 Å². The number of amides is 1. The number of rotatable bonds is 2. The fraction of sp³-hybridized carbons (Fsp3) is 0.471. The van der Waals surface area contributed by atoms with E-state index in [1.807, 2.05) is 11.0 Å². The molecule has 2 aliphatic heterocycles. The van der Waals surface area contributed by atoms with Crippen LogP contribution in [0.1, 0.15) is 18.4 Å². The molecule has 1 fully saturated rings.